The zero-order valence-corrected chi connectivity index (χ0v) is 15.7. The van der Waals surface area contributed by atoms with Gasteiger partial charge in [0.2, 0.25) is 0 Å². The summed E-state index contributed by atoms with van der Waals surface area (Å²) in [4.78, 5) is 37.4. The van der Waals surface area contributed by atoms with Gasteiger partial charge in [-0.25, -0.2) is 4.90 Å². The van der Waals surface area contributed by atoms with E-state index in [0.717, 1.165) is 11.1 Å². The van der Waals surface area contributed by atoms with Crippen molar-refractivity contribution in [3.8, 4) is 11.5 Å². The molecule has 0 bridgehead atoms. The van der Waals surface area contributed by atoms with Crippen LogP contribution in [0.15, 0.2) is 60.7 Å². The maximum atomic E-state index is 13.0. The Labute approximate surface area is 166 Å². The highest BCUT2D eigenvalue weighted by molar-refractivity contribution is 6.34. The summed E-state index contributed by atoms with van der Waals surface area (Å²) in [6.45, 7) is 3.78. The average molecular weight is 388 g/mol. The van der Waals surface area contributed by atoms with E-state index in [1.807, 2.05) is 19.9 Å². The van der Waals surface area contributed by atoms with Gasteiger partial charge >= 0.3 is 0 Å². The number of nitro benzene ring substituents is 1. The molecule has 0 fully saturated rings. The lowest BCUT2D eigenvalue weighted by atomic mass is 10.1. The molecule has 0 atom stereocenters. The summed E-state index contributed by atoms with van der Waals surface area (Å²) >= 11 is 0. The van der Waals surface area contributed by atoms with Gasteiger partial charge in [-0.05, 0) is 55.3 Å². The van der Waals surface area contributed by atoms with Crippen molar-refractivity contribution in [2.75, 3.05) is 4.90 Å². The van der Waals surface area contributed by atoms with E-state index in [1.165, 1.54) is 35.2 Å². The molecular weight excluding hydrogens is 372 g/mol. The fourth-order valence-corrected chi connectivity index (χ4v) is 3.28. The van der Waals surface area contributed by atoms with Crippen LogP contribution in [0, 0.1) is 24.0 Å². The number of non-ortho nitro benzene ring substituents is 1. The second-order valence-electron chi connectivity index (χ2n) is 6.73. The largest absolute Gasteiger partial charge is 0.457 e. The van der Waals surface area contributed by atoms with Gasteiger partial charge in [0.15, 0.2) is 0 Å². The number of fused-ring (bicyclic) bond motifs is 1. The minimum atomic E-state index is -0.514. The van der Waals surface area contributed by atoms with Gasteiger partial charge in [-0.2, -0.15) is 0 Å². The quantitative estimate of drug-likeness (QED) is 0.364. The molecule has 0 radical (unpaired) electrons. The Morgan fingerprint density at radius 3 is 2.31 bits per heavy atom. The first-order valence-electron chi connectivity index (χ1n) is 8.88. The van der Waals surface area contributed by atoms with Crippen molar-refractivity contribution in [2.45, 2.75) is 13.8 Å². The van der Waals surface area contributed by atoms with Crippen LogP contribution in [0.1, 0.15) is 31.8 Å². The molecule has 4 rings (SSSR count). The van der Waals surface area contributed by atoms with E-state index in [1.54, 1.807) is 24.3 Å². The van der Waals surface area contributed by atoms with Crippen molar-refractivity contribution in [1.29, 1.82) is 0 Å². The molecule has 29 heavy (non-hydrogen) atoms. The summed E-state index contributed by atoms with van der Waals surface area (Å²) in [5.41, 5.74) is 2.82. The van der Waals surface area contributed by atoms with Crippen molar-refractivity contribution >= 4 is 23.2 Å². The predicted octanol–water partition coefficient (Wildman–Crippen LogP) is 4.80. The van der Waals surface area contributed by atoms with Crippen LogP contribution in [0.5, 0.6) is 11.5 Å². The minimum absolute atomic E-state index is 0.101. The first kappa shape index (κ1) is 18.4. The Morgan fingerprint density at radius 2 is 1.55 bits per heavy atom. The number of anilines is 1. The molecule has 7 heteroatoms. The number of ether oxygens (including phenoxy) is 1. The van der Waals surface area contributed by atoms with Gasteiger partial charge in [0.25, 0.3) is 17.5 Å². The van der Waals surface area contributed by atoms with Crippen LogP contribution >= 0.6 is 0 Å². The van der Waals surface area contributed by atoms with Crippen LogP contribution in [0.2, 0.25) is 0 Å². The summed E-state index contributed by atoms with van der Waals surface area (Å²) in [6, 6.07) is 15.8. The molecule has 1 aliphatic rings. The molecule has 0 aromatic heterocycles. The molecule has 0 unspecified atom stereocenters. The highest BCUT2D eigenvalue weighted by atomic mass is 16.6. The van der Waals surface area contributed by atoms with E-state index in [4.69, 9.17) is 4.74 Å². The SMILES string of the molecule is Cc1cccc(N2C(=O)c3ccc(Oc4cccc([N+](=O)[O-])c4)cc3C2=O)c1C. The van der Waals surface area contributed by atoms with Gasteiger partial charge in [0, 0.05) is 6.07 Å². The van der Waals surface area contributed by atoms with Crippen LogP contribution in [-0.2, 0) is 0 Å². The molecule has 144 valence electrons. The zero-order chi connectivity index (χ0) is 20.7. The standard InChI is InChI=1S/C22H16N2O5/c1-13-5-3-8-20(14(13)2)23-21(25)18-10-9-17(12-19(18)22(23)26)29-16-7-4-6-15(11-16)24(27)28/h3-12H,1-2H3. The normalized spacial score (nSPS) is 12.8. The number of carbonyl (C=O) groups is 2. The van der Waals surface area contributed by atoms with E-state index in [0.29, 0.717) is 17.0 Å². The Balaban J connectivity index is 1.68. The number of nitrogens with zero attached hydrogens (tertiary/aromatic N) is 2. The Hall–Kier alpha value is -4.00. The van der Waals surface area contributed by atoms with Gasteiger partial charge in [-0.1, -0.05) is 18.2 Å². The van der Waals surface area contributed by atoms with Crippen molar-refractivity contribution in [3.05, 3.63) is 93.0 Å². The molecule has 3 aromatic rings. The van der Waals surface area contributed by atoms with E-state index >= 15 is 0 Å². The molecule has 1 aliphatic heterocycles. The Kier molecular flexibility index (Phi) is 4.35. The Morgan fingerprint density at radius 1 is 0.862 bits per heavy atom. The predicted molar refractivity (Wildman–Crippen MR) is 107 cm³/mol. The van der Waals surface area contributed by atoms with E-state index < -0.39 is 10.8 Å². The molecule has 2 amide bonds. The van der Waals surface area contributed by atoms with Crippen molar-refractivity contribution in [3.63, 3.8) is 0 Å². The molecular formula is C22H16N2O5. The number of hydrogen-bond donors (Lipinski definition) is 0. The van der Waals surface area contributed by atoms with Crippen molar-refractivity contribution < 1.29 is 19.2 Å². The first-order chi connectivity index (χ1) is 13.9. The number of hydrogen-bond acceptors (Lipinski definition) is 5. The van der Waals surface area contributed by atoms with Gasteiger partial charge in [-0.3, -0.25) is 19.7 Å². The third-order valence-corrected chi connectivity index (χ3v) is 4.94. The first-order valence-corrected chi connectivity index (χ1v) is 8.88. The molecule has 0 aliphatic carbocycles. The van der Waals surface area contributed by atoms with E-state index in [9.17, 15) is 19.7 Å². The summed E-state index contributed by atoms with van der Waals surface area (Å²) in [7, 11) is 0. The minimum Gasteiger partial charge on any atom is -0.457 e. The zero-order valence-electron chi connectivity index (χ0n) is 15.7. The lowest BCUT2D eigenvalue weighted by Crippen LogP contribution is -2.30. The smallest absolute Gasteiger partial charge is 0.273 e. The molecule has 0 saturated heterocycles. The van der Waals surface area contributed by atoms with Crippen LogP contribution in [0.25, 0.3) is 0 Å². The summed E-state index contributed by atoms with van der Waals surface area (Å²) in [5.74, 6) is -0.237. The number of amides is 2. The van der Waals surface area contributed by atoms with Gasteiger partial charge < -0.3 is 4.74 Å². The molecule has 0 N–H and O–H groups in total. The van der Waals surface area contributed by atoms with Crippen molar-refractivity contribution in [1.82, 2.24) is 0 Å². The maximum absolute atomic E-state index is 13.0. The molecule has 0 saturated carbocycles. The van der Waals surface area contributed by atoms with E-state index in [-0.39, 0.29) is 22.9 Å². The lowest BCUT2D eigenvalue weighted by Gasteiger charge is -2.17. The molecule has 7 nitrogen and oxygen atoms in total. The van der Waals surface area contributed by atoms with Gasteiger partial charge in [0.05, 0.1) is 27.8 Å². The number of imide groups is 1. The number of aryl methyl sites for hydroxylation is 1. The van der Waals surface area contributed by atoms with Crippen LogP contribution in [0.4, 0.5) is 11.4 Å². The monoisotopic (exact) mass is 388 g/mol. The van der Waals surface area contributed by atoms with Crippen molar-refractivity contribution in [2.24, 2.45) is 0 Å². The van der Waals surface area contributed by atoms with Crippen LogP contribution in [-0.4, -0.2) is 16.7 Å². The maximum Gasteiger partial charge on any atom is 0.273 e. The summed E-state index contributed by atoms with van der Waals surface area (Å²) in [6.07, 6.45) is 0. The Bertz CT molecular complexity index is 1190. The molecule has 0 spiro atoms. The highest BCUT2D eigenvalue weighted by Crippen LogP contribution is 2.34. The summed E-state index contributed by atoms with van der Waals surface area (Å²) < 4.78 is 5.68. The van der Waals surface area contributed by atoms with Crippen LogP contribution in [0.3, 0.4) is 0 Å². The number of rotatable bonds is 4. The third kappa shape index (κ3) is 3.12. The second kappa shape index (κ2) is 6.87. The number of carbonyl (C=O) groups excluding carboxylic acids is 2. The third-order valence-electron chi connectivity index (χ3n) is 4.94. The number of benzene rings is 3. The topological polar surface area (TPSA) is 89.8 Å². The molecule has 3 aromatic carbocycles. The summed E-state index contributed by atoms with van der Waals surface area (Å²) in [5, 5.41) is 10.9. The molecule has 1 heterocycles. The second-order valence-corrected chi connectivity index (χ2v) is 6.73. The van der Waals surface area contributed by atoms with Crippen LogP contribution < -0.4 is 9.64 Å². The lowest BCUT2D eigenvalue weighted by molar-refractivity contribution is -0.384. The fraction of sp³-hybridized carbons (Fsp3) is 0.0909. The number of nitro groups is 1. The van der Waals surface area contributed by atoms with Gasteiger partial charge in [0.1, 0.15) is 11.5 Å². The fourth-order valence-electron chi connectivity index (χ4n) is 3.28. The van der Waals surface area contributed by atoms with Gasteiger partial charge in [-0.15, -0.1) is 0 Å². The average Bonchev–Trinajstić information content (AvgIpc) is 2.94. The highest BCUT2D eigenvalue weighted by Gasteiger charge is 2.37. The van der Waals surface area contributed by atoms with E-state index in [2.05, 4.69) is 0 Å².